The SMILES string of the molecule is CC1N=C(/C=C(\CC2CCC2)c2cnn(C)c2)C(C)C(c2ccc(C(C)NC(=O)c3cnc(C(C)(C)C)s3)cc2)=N1. The third-order valence-corrected chi connectivity index (χ3v) is 9.49. The van der Waals surface area contributed by atoms with Crippen molar-refractivity contribution in [3.05, 3.63) is 75.5 Å². The van der Waals surface area contributed by atoms with Gasteiger partial charge >= 0.3 is 0 Å². The molecule has 3 heterocycles. The number of allylic oxidation sites excluding steroid dienone is 2. The lowest BCUT2D eigenvalue weighted by molar-refractivity contribution is 0.0943. The lowest BCUT2D eigenvalue weighted by Gasteiger charge is -2.27. The fraction of sp³-hybridized carbons (Fsp3) is 0.485. The van der Waals surface area contributed by atoms with Crippen LogP contribution in [0, 0.1) is 11.8 Å². The van der Waals surface area contributed by atoms with Crippen LogP contribution in [0.2, 0.25) is 0 Å². The van der Waals surface area contributed by atoms with Gasteiger partial charge in [-0.05, 0) is 49.0 Å². The summed E-state index contributed by atoms with van der Waals surface area (Å²) in [5.41, 5.74) is 6.69. The lowest BCUT2D eigenvalue weighted by Crippen LogP contribution is -2.28. The minimum atomic E-state index is -0.137. The van der Waals surface area contributed by atoms with Gasteiger partial charge in [-0.3, -0.25) is 19.5 Å². The van der Waals surface area contributed by atoms with Crippen LogP contribution in [0.1, 0.15) is 105 Å². The number of carbonyl (C=O) groups is 1. The summed E-state index contributed by atoms with van der Waals surface area (Å²) in [5.74, 6) is 0.733. The molecule has 1 aromatic carbocycles. The van der Waals surface area contributed by atoms with Gasteiger partial charge in [-0.15, -0.1) is 11.3 Å². The third-order valence-electron chi connectivity index (χ3n) is 8.07. The Morgan fingerprint density at radius 2 is 1.88 bits per heavy atom. The smallest absolute Gasteiger partial charge is 0.263 e. The highest BCUT2D eigenvalue weighted by atomic mass is 32.1. The van der Waals surface area contributed by atoms with Gasteiger partial charge in [0.05, 0.1) is 29.2 Å². The number of aliphatic imine (C=N–C) groups is 2. The van der Waals surface area contributed by atoms with Gasteiger partial charge in [0.2, 0.25) is 0 Å². The van der Waals surface area contributed by atoms with Crippen molar-refractivity contribution in [2.75, 3.05) is 0 Å². The molecule has 0 saturated heterocycles. The molecule has 1 aliphatic heterocycles. The van der Waals surface area contributed by atoms with Crippen LogP contribution in [0.25, 0.3) is 5.57 Å². The molecule has 41 heavy (non-hydrogen) atoms. The molecule has 1 N–H and O–H groups in total. The molecule has 5 rings (SSSR count). The minimum absolute atomic E-state index is 0.0710. The standard InChI is InChI=1S/C33H42N6OS/c1-20-28(16-26(15-23-9-8-10-23)27-17-35-39(7)19-27)37-22(3)38-30(20)25-13-11-24(12-14-25)21(2)36-31(40)29-18-34-32(41-29)33(4,5)6/h11-14,16-23H,8-10,15H2,1-7H3,(H,36,40)/b26-16+. The number of benzene rings is 1. The van der Waals surface area contributed by atoms with Crippen molar-refractivity contribution in [2.24, 2.45) is 28.9 Å². The van der Waals surface area contributed by atoms with E-state index in [0.717, 1.165) is 39.9 Å². The highest BCUT2D eigenvalue weighted by Crippen LogP contribution is 2.36. The summed E-state index contributed by atoms with van der Waals surface area (Å²) in [6.45, 7) is 12.6. The summed E-state index contributed by atoms with van der Waals surface area (Å²) in [6.07, 6.45) is 12.9. The molecule has 0 bridgehead atoms. The van der Waals surface area contributed by atoms with Crippen molar-refractivity contribution in [1.29, 1.82) is 0 Å². The summed E-state index contributed by atoms with van der Waals surface area (Å²) in [7, 11) is 1.97. The molecule has 1 fully saturated rings. The largest absolute Gasteiger partial charge is 0.345 e. The Kier molecular flexibility index (Phi) is 8.41. The van der Waals surface area contributed by atoms with Crippen LogP contribution < -0.4 is 5.32 Å². The zero-order chi connectivity index (χ0) is 29.3. The average molecular weight is 571 g/mol. The Balaban J connectivity index is 1.30. The van der Waals surface area contributed by atoms with E-state index < -0.39 is 0 Å². The van der Waals surface area contributed by atoms with Crippen molar-refractivity contribution in [1.82, 2.24) is 20.1 Å². The van der Waals surface area contributed by atoms with E-state index in [0.29, 0.717) is 4.88 Å². The number of aromatic nitrogens is 3. The number of amides is 1. The molecular weight excluding hydrogens is 528 g/mol. The van der Waals surface area contributed by atoms with Crippen molar-refractivity contribution >= 4 is 34.2 Å². The van der Waals surface area contributed by atoms with Gasteiger partial charge < -0.3 is 5.32 Å². The number of hydrogen-bond donors (Lipinski definition) is 1. The first-order chi connectivity index (χ1) is 19.5. The molecule has 0 spiro atoms. The first-order valence-electron chi connectivity index (χ1n) is 14.7. The zero-order valence-corrected chi connectivity index (χ0v) is 26.1. The summed E-state index contributed by atoms with van der Waals surface area (Å²) < 4.78 is 1.87. The summed E-state index contributed by atoms with van der Waals surface area (Å²) >= 11 is 1.46. The Hall–Kier alpha value is -3.39. The molecule has 7 nitrogen and oxygen atoms in total. The Bertz CT molecular complexity index is 1480. The average Bonchev–Trinajstić information content (AvgIpc) is 3.57. The number of nitrogens with one attached hydrogen (secondary N) is 1. The van der Waals surface area contributed by atoms with Crippen molar-refractivity contribution in [3.8, 4) is 0 Å². The lowest BCUT2D eigenvalue weighted by atomic mass is 9.79. The van der Waals surface area contributed by atoms with E-state index in [-0.39, 0.29) is 29.4 Å². The Labute approximate surface area is 247 Å². The molecule has 3 atom stereocenters. The maximum atomic E-state index is 12.9. The molecule has 3 aromatic rings. The van der Waals surface area contributed by atoms with Gasteiger partial charge in [-0.25, -0.2) is 4.98 Å². The second-order valence-electron chi connectivity index (χ2n) is 12.6. The molecular formula is C33H42N6OS. The summed E-state index contributed by atoms with van der Waals surface area (Å²) in [5, 5.41) is 8.52. The fourth-order valence-electron chi connectivity index (χ4n) is 5.35. The van der Waals surface area contributed by atoms with Crippen LogP contribution in [0.3, 0.4) is 0 Å². The van der Waals surface area contributed by atoms with E-state index in [2.05, 4.69) is 79.6 Å². The quantitative estimate of drug-likeness (QED) is 0.312. The van der Waals surface area contributed by atoms with E-state index in [9.17, 15) is 4.79 Å². The Morgan fingerprint density at radius 1 is 1.15 bits per heavy atom. The highest BCUT2D eigenvalue weighted by Gasteiger charge is 2.26. The second kappa shape index (κ2) is 11.8. The van der Waals surface area contributed by atoms with Gasteiger partial charge in [0.25, 0.3) is 5.91 Å². The number of aryl methyl sites for hydroxylation is 1. The predicted molar refractivity (Wildman–Crippen MR) is 169 cm³/mol. The van der Waals surface area contributed by atoms with Gasteiger partial charge in [0, 0.05) is 35.9 Å². The van der Waals surface area contributed by atoms with Gasteiger partial charge in [0.1, 0.15) is 11.0 Å². The van der Waals surface area contributed by atoms with Crippen LogP contribution in [0.15, 0.2) is 58.9 Å². The van der Waals surface area contributed by atoms with E-state index in [1.165, 1.54) is 41.7 Å². The second-order valence-corrected chi connectivity index (χ2v) is 13.6. The fourth-order valence-corrected chi connectivity index (χ4v) is 6.23. The van der Waals surface area contributed by atoms with E-state index in [4.69, 9.17) is 9.98 Å². The van der Waals surface area contributed by atoms with E-state index in [1.807, 2.05) is 31.8 Å². The van der Waals surface area contributed by atoms with Crippen LogP contribution in [0.5, 0.6) is 0 Å². The molecule has 1 aliphatic carbocycles. The summed E-state index contributed by atoms with van der Waals surface area (Å²) in [4.78, 5) is 27.9. The van der Waals surface area contributed by atoms with Crippen molar-refractivity contribution in [2.45, 2.75) is 84.8 Å². The normalized spacial score (nSPS) is 20.7. The van der Waals surface area contributed by atoms with Crippen LogP contribution in [-0.4, -0.2) is 38.3 Å². The minimum Gasteiger partial charge on any atom is -0.345 e. The Morgan fingerprint density at radius 3 is 2.46 bits per heavy atom. The van der Waals surface area contributed by atoms with Gasteiger partial charge in [0.15, 0.2) is 0 Å². The van der Waals surface area contributed by atoms with E-state index in [1.54, 1.807) is 6.20 Å². The summed E-state index contributed by atoms with van der Waals surface area (Å²) in [6, 6.07) is 8.29. The maximum absolute atomic E-state index is 12.9. The molecule has 3 unspecified atom stereocenters. The highest BCUT2D eigenvalue weighted by molar-refractivity contribution is 7.13. The van der Waals surface area contributed by atoms with Crippen LogP contribution in [-0.2, 0) is 12.5 Å². The topological polar surface area (TPSA) is 84.5 Å². The van der Waals surface area contributed by atoms with Crippen LogP contribution >= 0.6 is 11.3 Å². The number of carbonyl (C=O) groups excluding carboxylic acids is 1. The maximum Gasteiger partial charge on any atom is 0.263 e. The molecule has 1 saturated carbocycles. The van der Waals surface area contributed by atoms with Crippen LogP contribution in [0.4, 0.5) is 0 Å². The number of rotatable bonds is 8. The van der Waals surface area contributed by atoms with Crippen molar-refractivity contribution in [3.63, 3.8) is 0 Å². The molecule has 0 radical (unpaired) electrons. The van der Waals surface area contributed by atoms with E-state index >= 15 is 0 Å². The molecule has 2 aromatic heterocycles. The third kappa shape index (κ3) is 6.75. The van der Waals surface area contributed by atoms with Gasteiger partial charge in [-0.2, -0.15) is 5.10 Å². The van der Waals surface area contributed by atoms with Crippen molar-refractivity contribution < 1.29 is 4.79 Å². The molecule has 2 aliphatic rings. The number of hydrogen-bond acceptors (Lipinski definition) is 6. The molecule has 216 valence electrons. The first kappa shape index (κ1) is 29.1. The monoisotopic (exact) mass is 570 g/mol. The van der Waals surface area contributed by atoms with Gasteiger partial charge in [-0.1, -0.05) is 71.2 Å². The number of nitrogens with zero attached hydrogens (tertiary/aromatic N) is 5. The molecule has 1 amide bonds. The number of thiazole rings is 1. The molecule has 8 heteroatoms. The first-order valence-corrected chi connectivity index (χ1v) is 15.5. The predicted octanol–water partition coefficient (Wildman–Crippen LogP) is 7.16. The zero-order valence-electron chi connectivity index (χ0n) is 25.3.